The molecule has 20 heavy (non-hydrogen) atoms. The Hall–Kier alpha value is -1.38. The van der Waals surface area contributed by atoms with Crippen LogP contribution in [0.15, 0.2) is 49.5 Å². The maximum atomic E-state index is 12.1. The predicted molar refractivity (Wildman–Crippen MR) is 83.3 cm³/mol. The maximum Gasteiger partial charge on any atom is 0.271 e. The van der Waals surface area contributed by atoms with E-state index in [1.165, 1.54) is 6.07 Å². The van der Waals surface area contributed by atoms with Crippen molar-refractivity contribution >= 4 is 48.7 Å². The molecule has 2 rings (SSSR count). The number of rotatable bonds is 4. The van der Waals surface area contributed by atoms with Gasteiger partial charge in [-0.1, -0.05) is 17.3 Å². The molecule has 2 N–H and O–H groups in total. The highest BCUT2D eigenvalue weighted by Crippen LogP contribution is 2.27. The molecule has 0 saturated heterocycles. The average Bonchev–Trinajstić information content (AvgIpc) is 2.86. The third-order valence-electron chi connectivity index (χ3n) is 2.52. The Balaban J connectivity index is 2.22. The largest absolute Gasteiger partial charge is 0.411 e. The number of halogens is 1. The summed E-state index contributed by atoms with van der Waals surface area (Å²) < 4.78 is 27.7. The minimum atomic E-state index is -3.57. The Kier molecular flexibility index (Phi) is 4.46. The highest BCUT2D eigenvalue weighted by molar-refractivity contribution is 9.11. The van der Waals surface area contributed by atoms with E-state index in [1.54, 1.807) is 37.3 Å². The minimum absolute atomic E-state index is 0.238. The van der Waals surface area contributed by atoms with Gasteiger partial charge >= 0.3 is 0 Å². The van der Waals surface area contributed by atoms with Crippen molar-refractivity contribution in [2.24, 2.45) is 5.16 Å². The number of oxime groups is 1. The van der Waals surface area contributed by atoms with E-state index in [0.29, 0.717) is 17.0 Å². The van der Waals surface area contributed by atoms with E-state index in [0.717, 1.165) is 15.1 Å². The van der Waals surface area contributed by atoms with Gasteiger partial charge in [0.1, 0.15) is 4.21 Å². The third-order valence-corrected chi connectivity index (χ3v) is 6.02. The number of benzene rings is 1. The molecular formula is C12H11BrN2O3S2. The first-order valence-electron chi connectivity index (χ1n) is 5.49. The third kappa shape index (κ3) is 3.38. The standard InChI is InChI=1S/C12H11BrN2O3S2/c1-8(14-16)9-2-4-10(5-3-9)15-20(17,18)12-7-6-11(13)19-12/h2-7,15-16H,1H3/b14-8+. The van der Waals surface area contributed by atoms with Crippen LogP contribution in [0.5, 0.6) is 0 Å². The molecule has 0 bridgehead atoms. The second-order valence-corrected chi connectivity index (χ2v) is 8.30. The van der Waals surface area contributed by atoms with E-state index < -0.39 is 10.0 Å². The zero-order valence-electron chi connectivity index (χ0n) is 10.4. The fourth-order valence-electron chi connectivity index (χ4n) is 1.48. The Labute approximate surface area is 129 Å². The van der Waals surface area contributed by atoms with Crippen molar-refractivity contribution in [1.29, 1.82) is 0 Å². The molecule has 0 unspecified atom stereocenters. The Bertz CT molecular complexity index is 736. The average molecular weight is 375 g/mol. The lowest BCUT2D eigenvalue weighted by molar-refractivity contribution is 0.319. The number of nitrogens with zero attached hydrogens (tertiary/aromatic N) is 1. The molecule has 0 saturated carbocycles. The van der Waals surface area contributed by atoms with Crippen LogP contribution in [0.1, 0.15) is 12.5 Å². The molecule has 0 spiro atoms. The van der Waals surface area contributed by atoms with Gasteiger partial charge in [-0.25, -0.2) is 8.42 Å². The van der Waals surface area contributed by atoms with Gasteiger partial charge in [-0.15, -0.1) is 11.3 Å². The van der Waals surface area contributed by atoms with Gasteiger partial charge in [0.25, 0.3) is 10.0 Å². The Morgan fingerprint density at radius 3 is 2.40 bits per heavy atom. The first-order valence-corrected chi connectivity index (χ1v) is 8.59. The SMILES string of the molecule is C/C(=N\O)c1ccc(NS(=O)(=O)c2ccc(Br)s2)cc1. The normalized spacial score (nSPS) is 12.4. The molecule has 0 aliphatic rings. The van der Waals surface area contributed by atoms with Crippen LogP contribution in [0.2, 0.25) is 0 Å². The number of thiophene rings is 1. The van der Waals surface area contributed by atoms with Crippen LogP contribution in [0, 0.1) is 0 Å². The first kappa shape index (κ1) is 15.0. The monoisotopic (exact) mass is 374 g/mol. The van der Waals surface area contributed by atoms with E-state index in [-0.39, 0.29) is 4.21 Å². The van der Waals surface area contributed by atoms with Gasteiger partial charge in [0.05, 0.1) is 9.50 Å². The summed E-state index contributed by atoms with van der Waals surface area (Å²) in [6, 6.07) is 9.81. The number of sulfonamides is 1. The fourth-order valence-corrected chi connectivity index (χ4v) is 4.55. The summed E-state index contributed by atoms with van der Waals surface area (Å²) in [4.78, 5) is 0. The topological polar surface area (TPSA) is 78.8 Å². The van der Waals surface area contributed by atoms with Crippen LogP contribution in [0.25, 0.3) is 0 Å². The van der Waals surface area contributed by atoms with E-state index in [4.69, 9.17) is 5.21 Å². The molecule has 5 nitrogen and oxygen atoms in total. The number of nitrogens with one attached hydrogen (secondary N) is 1. The lowest BCUT2D eigenvalue weighted by Gasteiger charge is -2.07. The Morgan fingerprint density at radius 2 is 1.90 bits per heavy atom. The lowest BCUT2D eigenvalue weighted by Crippen LogP contribution is -2.11. The summed E-state index contributed by atoms with van der Waals surface area (Å²) in [6.45, 7) is 1.66. The number of hydrogen-bond acceptors (Lipinski definition) is 5. The van der Waals surface area contributed by atoms with Gasteiger partial charge in [-0.2, -0.15) is 0 Å². The molecule has 0 fully saturated rings. The second-order valence-electron chi connectivity index (χ2n) is 3.93. The zero-order chi connectivity index (χ0) is 14.8. The van der Waals surface area contributed by atoms with Crippen molar-refractivity contribution in [3.8, 4) is 0 Å². The second kappa shape index (κ2) is 5.94. The summed E-state index contributed by atoms with van der Waals surface area (Å²) in [6.07, 6.45) is 0. The van der Waals surface area contributed by atoms with Crippen molar-refractivity contribution < 1.29 is 13.6 Å². The van der Waals surface area contributed by atoms with E-state index in [2.05, 4.69) is 25.8 Å². The van der Waals surface area contributed by atoms with Crippen LogP contribution in [0.4, 0.5) is 5.69 Å². The number of hydrogen-bond donors (Lipinski definition) is 2. The summed E-state index contributed by atoms with van der Waals surface area (Å²) in [5, 5.41) is 11.8. The van der Waals surface area contributed by atoms with Crippen LogP contribution >= 0.6 is 27.3 Å². The molecule has 106 valence electrons. The molecule has 1 aromatic heterocycles. The van der Waals surface area contributed by atoms with E-state index >= 15 is 0 Å². The summed E-state index contributed by atoms with van der Waals surface area (Å²) >= 11 is 4.37. The van der Waals surface area contributed by atoms with Crippen LogP contribution in [-0.4, -0.2) is 19.3 Å². The predicted octanol–water partition coefficient (Wildman–Crippen LogP) is 3.51. The molecule has 2 aromatic rings. The highest BCUT2D eigenvalue weighted by atomic mass is 79.9. The van der Waals surface area contributed by atoms with Gasteiger partial charge in [0.2, 0.25) is 0 Å². The van der Waals surface area contributed by atoms with Crippen molar-refractivity contribution in [2.75, 3.05) is 4.72 Å². The van der Waals surface area contributed by atoms with Gasteiger partial charge < -0.3 is 5.21 Å². The molecular weight excluding hydrogens is 364 g/mol. The summed E-state index contributed by atoms with van der Waals surface area (Å²) in [5.41, 5.74) is 1.62. The quantitative estimate of drug-likeness (QED) is 0.488. The molecule has 8 heteroatoms. The highest BCUT2D eigenvalue weighted by Gasteiger charge is 2.16. The van der Waals surface area contributed by atoms with Gasteiger partial charge in [-0.05, 0) is 52.7 Å². The van der Waals surface area contributed by atoms with Crippen LogP contribution in [0.3, 0.4) is 0 Å². The molecule has 0 aliphatic carbocycles. The van der Waals surface area contributed by atoms with Crippen LogP contribution in [-0.2, 0) is 10.0 Å². The van der Waals surface area contributed by atoms with E-state index in [1.807, 2.05) is 0 Å². The summed E-state index contributed by atoms with van der Waals surface area (Å²) in [7, 11) is -3.57. The first-order chi connectivity index (χ1) is 9.42. The Morgan fingerprint density at radius 1 is 1.25 bits per heavy atom. The maximum absolute atomic E-state index is 12.1. The van der Waals surface area contributed by atoms with Gasteiger partial charge in [0, 0.05) is 5.69 Å². The fraction of sp³-hybridized carbons (Fsp3) is 0.0833. The molecule has 0 aliphatic heterocycles. The molecule has 0 radical (unpaired) electrons. The molecule has 1 aromatic carbocycles. The minimum Gasteiger partial charge on any atom is -0.411 e. The molecule has 1 heterocycles. The van der Waals surface area contributed by atoms with Gasteiger partial charge in [0.15, 0.2) is 0 Å². The zero-order valence-corrected chi connectivity index (χ0v) is 13.6. The molecule has 0 amide bonds. The van der Waals surface area contributed by atoms with Crippen molar-refractivity contribution in [3.63, 3.8) is 0 Å². The van der Waals surface area contributed by atoms with Crippen molar-refractivity contribution in [3.05, 3.63) is 45.7 Å². The smallest absolute Gasteiger partial charge is 0.271 e. The van der Waals surface area contributed by atoms with E-state index in [9.17, 15) is 8.42 Å². The van der Waals surface area contributed by atoms with Crippen molar-refractivity contribution in [1.82, 2.24) is 0 Å². The van der Waals surface area contributed by atoms with Crippen molar-refractivity contribution in [2.45, 2.75) is 11.1 Å². The van der Waals surface area contributed by atoms with Crippen LogP contribution < -0.4 is 4.72 Å². The lowest BCUT2D eigenvalue weighted by atomic mass is 10.1. The molecule has 0 atom stereocenters. The van der Waals surface area contributed by atoms with Gasteiger partial charge in [-0.3, -0.25) is 4.72 Å². The summed E-state index contributed by atoms with van der Waals surface area (Å²) in [5.74, 6) is 0. The number of anilines is 1.